The number of fused-ring (bicyclic) bond motifs is 1. The molecule has 21 heavy (non-hydrogen) atoms. The number of rotatable bonds is 2. The standard InChI is InChI=1S/C16H25N3OS/c1-15(2,3)21(20)19-14-13-12(5-4-8-18-13)11-16(14)6-9-17-10-7-16/h4-5,8,14,17,19H,6-7,9-11H2,1-3H3/t14-,21-/m1/s1. The fourth-order valence-electron chi connectivity index (χ4n) is 3.49. The minimum absolute atomic E-state index is 0.107. The second kappa shape index (κ2) is 5.45. The summed E-state index contributed by atoms with van der Waals surface area (Å²) < 4.78 is 15.8. The molecule has 1 aliphatic heterocycles. The number of piperidine rings is 1. The Hall–Kier alpha value is -0.780. The van der Waals surface area contributed by atoms with Crippen LogP contribution < -0.4 is 10.0 Å². The van der Waals surface area contributed by atoms with Crippen molar-refractivity contribution in [3.63, 3.8) is 0 Å². The number of hydrogen-bond acceptors (Lipinski definition) is 3. The van der Waals surface area contributed by atoms with E-state index in [2.05, 4.69) is 21.1 Å². The van der Waals surface area contributed by atoms with Crippen LogP contribution in [0, 0.1) is 5.41 Å². The average molecular weight is 307 g/mol. The van der Waals surface area contributed by atoms with Crippen LogP contribution in [0.5, 0.6) is 0 Å². The topological polar surface area (TPSA) is 54.0 Å². The summed E-state index contributed by atoms with van der Waals surface area (Å²) >= 11 is 0. The summed E-state index contributed by atoms with van der Waals surface area (Å²) in [4.78, 5) is 4.61. The number of aromatic nitrogens is 1. The Morgan fingerprint density at radius 1 is 1.38 bits per heavy atom. The van der Waals surface area contributed by atoms with Crippen LogP contribution in [0.1, 0.15) is 50.9 Å². The smallest absolute Gasteiger partial charge is 0.0976 e. The van der Waals surface area contributed by atoms with Crippen molar-refractivity contribution in [1.82, 2.24) is 15.0 Å². The van der Waals surface area contributed by atoms with Crippen molar-refractivity contribution >= 4 is 11.0 Å². The minimum atomic E-state index is -1.07. The van der Waals surface area contributed by atoms with E-state index in [9.17, 15) is 4.21 Å². The van der Waals surface area contributed by atoms with Gasteiger partial charge < -0.3 is 5.32 Å². The molecule has 4 nitrogen and oxygen atoms in total. The van der Waals surface area contributed by atoms with E-state index in [1.54, 1.807) is 0 Å². The number of hydrogen-bond donors (Lipinski definition) is 2. The zero-order valence-electron chi connectivity index (χ0n) is 13.1. The molecule has 1 aromatic rings. The van der Waals surface area contributed by atoms with E-state index in [0.717, 1.165) is 38.0 Å². The van der Waals surface area contributed by atoms with Gasteiger partial charge in [0, 0.05) is 6.20 Å². The summed E-state index contributed by atoms with van der Waals surface area (Å²) in [6.07, 6.45) is 5.13. The lowest BCUT2D eigenvalue weighted by molar-refractivity contribution is 0.163. The molecule has 0 aromatic carbocycles. The molecule has 2 N–H and O–H groups in total. The van der Waals surface area contributed by atoms with Gasteiger partial charge in [0.05, 0.1) is 27.5 Å². The molecule has 3 rings (SSSR count). The maximum Gasteiger partial charge on any atom is 0.0976 e. The van der Waals surface area contributed by atoms with Crippen molar-refractivity contribution in [3.05, 3.63) is 29.6 Å². The molecule has 116 valence electrons. The van der Waals surface area contributed by atoms with Gasteiger partial charge in [-0.1, -0.05) is 6.07 Å². The maximum atomic E-state index is 12.6. The fraction of sp³-hybridized carbons (Fsp3) is 0.688. The lowest BCUT2D eigenvalue weighted by Gasteiger charge is -2.40. The summed E-state index contributed by atoms with van der Waals surface area (Å²) in [5, 5.41) is 3.44. The molecule has 0 saturated carbocycles. The van der Waals surface area contributed by atoms with E-state index in [0.29, 0.717) is 0 Å². The fourth-order valence-corrected chi connectivity index (χ4v) is 4.42. The zero-order chi connectivity index (χ0) is 15.1. The van der Waals surface area contributed by atoms with Crippen LogP contribution in [0.2, 0.25) is 0 Å². The first-order chi connectivity index (χ1) is 9.92. The maximum absolute atomic E-state index is 12.6. The Balaban J connectivity index is 1.94. The van der Waals surface area contributed by atoms with E-state index < -0.39 is 11.0 Å². The van der Waals surface area contributed by atoms with Gasteiger partial charge in [0.15, 0.2) is 0 Å². The number of pyridine rings is 1. The average Bonchev–Trinajstić information content (AvgIpc) is 2.72. The highest BCUT2D eigenvalue weighted by Gasteiger charge is 2.48. The van der Waals surface area contributed by atoms with Crippen LogP contribution in [0.3, 0.4) is 0 Å². The Labute approximate surface area is 129 Å². The predicted octanol–water partition coefficient (Wildman–Crippen LogP) is 2.10. The van der Waals surface area contributed by atoms with Gasteiger partial charge in [-0.2, -0.15) is 0 Å². The molecule has 1 saturated heterocycles. The normalized spacial score (nSPS) is 25.8. The summed E-state index contributed by atoms with van der Waals surface area (Å²) in [7, 11) is -1.07. The molecule has 1 aliphatic carbocycles. The highest BCUT2D eigenvalue weighted by Crippen LogP contribution is 2.50. The van der Waals surface area contributed by atoms with Gasteiger partial charge in [-0.25, -0.2) is 8.93 Å². The number of nitrogens with one attached hydrogen (secondary N) is 2. The highest BCUT2D eigenvalue weighted by molar-refractivity contribution is 7.84. The van der Waals surface area contributed by atoms with Crippen molar-refractivity contribution in [2.24, 2.45) is 5.41 Å². The highest BCUT2D eigenvalue weighted by atomic mass is 32.2. The van der Waals surface area contributed by atoms with Crippen LogP contribution in [0.15, 0.2) is 18.3 Å². The summed E-state index contributed by atoms with van der Waals surface area (Å²) in [5.74, 6) is 0. The second-order valence-electron chi connectivity index (χ2n) is 7.27. The summed E-state index contributed by atoms with van der Waals surface area (Å²) in [6.45, 7) is 8.11. The van der Waals surface area contributed by atoms with Gasteiger partial charge in [-0.15, -0.1) is 0 Å². The molecule has 2 heterocycles. The van der Waals surface area contributed by atoms with Gasteiger partial charge in [-0.3, -0.25) is 4.98 Å². The molecule has 0 bridgehead atoms. The summed E-state index contributed by atoms with van der Waals surface area (Å²) in [5.41, 5.74) is 2.60. The predicted molar refractivity (Wildman–Crippen MR) is 86.2 cm³/mol. The lowest BCUT2D eigenvalue weighted by Crippen LogP contribution is -2.46. The quantitative estimate of drug-likeness (QED) is 0.880. The van der Waals surface area contributed by atoms with Crippen molar-refractivity contribution in [2.75, 3.05) is 13.1 Å². The molecule has 1 aromatic heterocycles. The van der Waals surface area contributed by atoms with Gasteiger partial charge in [0.1, 0.15) is 0 Å². The largest absolute Gasteiger partial charge is 0.317 e. The van der Waals surface area contributed by atoms with Crippen molar-refractivity contribution < 1.29 is 4.21 Å². The van der Waals surface area contributed by atoms with Crippen LogP contribution >= 0.6 is 0 Å². The lowest BCUT2D eigenvalue weighted by atomic mass is 9.74. The van der Waals surface area contributed by atoms with E-state index in [1.165, 1.54) is 5.56 Å². The minimum Gasteiger partial charge on any atom is -0.317 e. The molecule has 5 heteroatoms. The second-order valence-corrected chi connectivity index (χ2v) is 9.27. The Kier molecular flexibility index (Phi) is 3.93. The van der Waals surface area contributed by atoms with Crippen molar-refractivity contribution in [3.8, 4) is 0 Å². The molecule has 2 aliphatic rings. The molecule has 0 amide bonds. The molecule has 1 fully saturated rings. The van der Waals surface area contributed by atoms with Crippen LogP contribution in [0.25, 0.3) is 0 Å². The molecule has 0 radical (unpaired) electrons. The van der Waals surface area contributed by atoms with E-state index in [4.69, 9.17) is 0 Å². The van der Waals surface area contributed by atoms with E-state index in [1.807, 2.05) is 33.0 Å². The van der Waals surface area contributed by atoms with Gasteiger partial charge in [0.25, 0.3) is 0 Å². The molecular weight excluding hydrogens is 282 g/mol. The Bertz CT molecular complexity index is 547. The molecule has 2 atom stereocenters. The Morgan fingerprint density at radius 3 is 2.76 bits per heavy atom. The third-order valence-corrected chi connectivity index (χ3v) is 6.30. The first-order valence-corrected chi connectivity index (χ1v) is 8.90. The van der Waals surface area contributed by atoms with Crippen LogP contribution in [-0.2, 0) is 17.4 Å². The van der Waals surface area contributed by atoms with Crippen molar-refractivity contribution in [1.29, 1.82) is 0 Å². The monoisotopic (exact) mass is 307 g/mol. The third-order valence-electron chi connectivity index (χ3n) is 4.73. The molecular formula is C16H25N3OS. The zero-order valence-corrected chi connectivity index (χ0v) is 13.9. The van der Waals surface area contributed by atoms with E-state index in [-0.39, 0.29) is 16.2 Å². The van der Waals surface area contributed by atoms with Crippen LogP contribution in [0.4, 0.5) is 0 Å². The van der Waals surface area contributed by atoms with Gasteiger partial charge >= 0.3 is 0 Å². The molecule has 1 spiro atoms. The third kappa shape index (κ3) is 2.79. The first-order valence-electron chi connectivity index (χ1n) is 7.75. The summed E-state index contributed by atoms with van der Waals surface area (Å²) in [6, 6.07) is 4.29. The molecule has 0 unspecified atom stereocenters. The van der Waals surface area contributed by atoms with Crippen molar-refractivity contribution in [2.45, 2.75) is 50.8 Å². The van der Waals surface area contributed by atoms with Gasteiger partial charge in [0.2, 0.25) is 0 Å². The SMILES string of the molecule is CC(C)(C)[S@@](=O)N[C@@H]1c2ncccc2CC12CCNCC2. The van der Waals surface area contributed by atoms with Crippen LogP contribution in [-0.4, -0.2) is 27.0 Å². The van der Waals surface area contributed by atoms with E-state index >= 15 is 0 Å². The number of nitrogens with zero attached hydrogens (tertiary/aromatic N) is 1. The first kappa shape index (κ1) is 15.1. The van der Waals surface area contributed by atoms with Gasteiger partial charge in [-0.05, 0) is 70.2 Å². The Morgan fingerprint density at radius 2 is 2.10 bits per heavy atom.